The third-order valence-corrected chi connectivity index (χ3v) is 2.28. The normalized spacial score (nSPS) is 12.8. The summed E-state index contributed by atoms with van der Waals surface area (Å²) >= 11 is 0. The van der Waals surface area contributed by atoms with Gasteiger partial charge in [-0.2, -0.15) is 0 Å². The van der Waals surface area contributed by atoms with Gasteiger partial charge >= 0.3 is 0 Å². The maximum atomic E-state index is 3.47. The standard InChI is InChI=1S/C12H19N/c1-4-9-13-11(3)12-7-5-10(2)6-8-12/h5-8,11,13H,4,9H2,1-3H3/t11-/m0/s1. The molecule has 72 valence electrons. The molecule has 0 amide bonds. The molecule has 0 spiro atoms. The van der Waals surface area contributed by atoms with E-state index >= 15 is 0 Å². The lowest BCUT2D eigenvalue weighted by molar-refractivity contribution is 0.570. The summed E-state index contributed by atoms with van der Waals surface area (Å²) in [6.45, 7) is 7.61. The molecular formula is C12H19N. The molecule has 1 aromatic carbocycles. The second kappa shape index (κ2) is 5.03. The summed E-state index contributed by atoms with van der Waals surface area (Å²) in [6.07, 6.45) is 1.19. The van der Waals surface area contributed by atoms with E-state index in [0.29, 0.717) is 6.04 Å². The molecule has 0 aliphatic heterocycles. The van der Waals surface area contributed by atoms with E-state index in [4.69, 9.17) is 0 Å². The van der Waals surface area contributed by atoms with Crippen LogP contribution in [0.2, 0.25) is 0 Å². The molecule has 0 fully saturated rings. The molecule has 1 aromatic rings. The Labute approximate surface area is 81.2 Å². The third-order valence-electron chi connectivity index (χ3n) is 2.28. The summed E-state index contributed by atoms with van der Waals surface area (Å²) in [5.74, 6) is 0. The molecule has 13 heavy (non-hydrogen) atoms. The van der Waals surface area contributed by atoms with Crippen LogP contribution in [0, 0.1) is 6.92 Å². The van der Waals surface area contributed by atoms with Gasteiger partial charge in [-0.25, -0.2) is 0 Å². The monoisotopic (exact) mass is 177 g/mol. The predicted octanol–water partition coefficient (Wildman–Crippen LogP) is 3.06. The molecule has 1 atom stereocenters. The zero-order chi connectivity index (χ0) is 9.68. The van der Waals surface area contributed by atoms with Crippen molar-refractivity contribution in [3.05, 3.63) is 35.4 Å². The highest BCUT2D eigenvalue weighted by atomic mass is 14.9. The molecule has 1 nitrogen and oxygen atoms in total. The summed E-state index contributed by atoms with van der Waals surface area (Å²) in [5, 5.41) is 3.47. The number of aryl methyl sites for hydroxylation is 1. The fourth-order valence-electron chi connectivity index (χ4n) is 1.33. The Morgan fingerprint density at radius 1 is 1.23 bits per heavy atom. The van der Waals surface area contributed by atoms with Crippen molar-refractivity contribution < 1.29 is 0 Å². The molecule has 1 N–H and O–H groups in total. The van der Waals surface area contributed by atoms with Crippen LogP contribution in [-0.2, 0) is 0 Å². The van der Waals surface area contributed by atoms with Gasteiger partial charge in [0, 0.05) is 6.04 Å². The zero-order valence-electron chi connectivity index (χ0n) is 8.80. The van der Waals surface area contributed by atoms with Crippen LogP contribution in [0.3, 0.4) is 0 Å². The number of hydrogen-bond acceptors (Lipinski definition) is 1. The Bertz CT molecular complexity index is 238. The molecule has 0 saturated heterocycles. The summed E-state index contributed by atoms with van der Waals surface area (Å²) in [6, 6.07) is 9.20. The average Bonchev–Trinajstić information content (AvgIpc) is 2.15. The maximum absolute atomic E-state index is 3.47. The quantitative estimate of drug-likeness (QED) is 0.745. The molecule has 0 radical (unpaired) electrons. The van der Waals surface area contributed by atoms with E-state index in [9.17, 15) is 0 Å². The van der Waals surface area contributed by atoms with Gasteiger partial charge in [0.1, 0.15) is 0 Å². The SMILES string of the molecule is CCCN[C@@H](C)c1ccc(C)cc1. The van der Waals surface area contributed by atoms with Gasteiger partial charge in [0.2, 0.25) is 0 Å². The van der Waals surface area contributed by atoms with E-state index in [2.05, 4.69) is 50.4 Å². The fraction of sp³-hybridized carbons (Fsp3) is 0.500. The van der Waals surface area contributed by atoms with Crippen LogP contribution in [-0.4, -0.2) is 6.54 Å². The molecule has 0 bridgehead atoms. The van der Waals surface area contributed by atoms with Crippen LogP contribution >= 0.6 is 0 Å². The van der Waals surface area contributed by atoms with Crippen LogP contribution < -0.4 is 5.32 Å². The second-order valence-corrected chi connectivity index (χ2v) is 3.59. The van der Waals surface area contributed by atoms with Crippen molar-refractivity contribution in [2.75, 3.05) is 6.54 Å². The van der Waals surface area contributed by atoms with Crippen molar-refractivity contribution in [3.8, 4) is 0 Å². The number of benzene rings is 1. The van der Waals surface area contributed by atoms with E-state index in [1.165, 1.54) is 17.5 Å². The number of hydrogen-bond donors (Lipinski definition) is 1. The Kier molecular flexibility index (Phi) is 3.97. The van der Waals surface area contributed by atoms with E-state index in [1.807, 2.05) is 0 Å². The highest BCUT2D eigenvalue weighted by molar-refractivity contribution is 5.23. The molecule has 0 unspecified atom stereocenters. The van der Waals surface area contributed by atoms with Gasteiger partial charge in [-0.3, -0.25) is 0 Å². The van der Waals surface area contributed by atoms with Crippen molar-refractivity contribution >= 4 is 0 Å². The number of rotatable bonds is 4. The first-order chi connectivity index (χ1) is 6.24. The molecule has 0 aromatic heterocycles. The minimum atomic E-state index is 0.473. The Morgan fingerprint density at radius 3 is 2.38 bits per heavy atom. The molecule has 0 aliphatic rings. The average molecular weight is 177 g/mol. The lowest BCUT2D eigenvalue weighted by atomic mass is 10.1. The van der Waals surface area contributed by atoms with Crippen LogP contribution in [0.25, 0.3) is 0 Å². The van der Waals surface area contributed by atoms with Crippen LogP contribution in [0.5, 0.6) is 0 Å². The smallest absolute Gasteiger partial charge is 0.0291 e. The van der Waals surface area contributed by atoms with Crippen molar-refractivity contribution in [2.24, 2.45) is 0 Å². The van der Waals surface area contributed by atoms with Crippen molar-refractivity contribution in [1.82, 2.24) is 5.32 Å². The Balaban J connectivity index is 2.55. The van der Waals surface area contributed by atoms with E-state index in [1.54, 1.807) is 0 Å². The van der Waals surface area contributed by atoms with Crippen molar-refractivity contribution in [1.29, 1.82) is 0 Å². The third kappa shape index (κ3) is 3.19. The van der Waals surface area contributed by atoms with Crippen LogP contribution in [0.1, 0.15) is 37.4 Å². The van der Waals surface area contributed by atoms with Gasteiger partial charge in [0.15, 0.2) is 0 Å². The second-order valence-electron chi connectivity index (χ2n) is 3.59. The highest BCUT2D eigenvalue weighted by Gasteiger charge is 2.01. The largest absolute Gasteiger partial charge is 0.310 e. The van der Waals surface area contributed by atoms with Crippen molar-refractivity contribution in [3.63, 3.8) is 0 Å². The summed E-state index contributed by atoms with van der Waals surface area (Å²) in [5.41, 5.74) is 2.70. The van der Waals surface area contributed by atoms with Crippen molar-refractivity contribution in [2.45, 2.75) is 33.2 Å². The van der Waals surface area contributed by atoms with Gasteiger partial charge < -0.3 is 5.32 Å². The maximum Gasteiger partial charge on any atom is 0.0291 e. The molecule has 0 saturated carbocycles. The van der Waals surface area contributed by atoms with Crippen LogP contribution in [0.4, 0.5) is 0 Å². The predicted molar refractivity (Wildman–Crippen MR) is 57.9 cm³/mol. The lowest BCUT2D eigenvalue weighted by Gasteiger charge is -2.13. The Morgan fingerprint density at radius 2 is 1.85 bits per heavy atom. The van der Waals surface area contributed by atoms with E-state index in [-0.39, 0.29) is 0 Å². The highest BCUT2D eigenvalue weighted by Crippen LogP contribution is 2.12. The lowest BCUT2D eigenvalue weighted by Crippen LogP contribution is -2.19. The first kappa shape index (κ1) is 10.3. The van der Waals surface area contributed by atoms with Gasteiger partial charge in [0.25, 0.3) is 0 Å². The minimum absolute atomic E-state index is 0.473. The zero-order valence-corrected chi connectivity index (χ0v) is 8.80. The van der Waals surface area contributed by atoms with Crippen LogP contribution in [0.15, 0.2) is 24.3 Å². The summed E-state index contributed by atoms with van der Waals surface area (Å²) < 4.78 is 0. The first-order valence-corrected chi connectivity index (χ1v) is 5.04. The number of nitrogens with one attached hydrogen (secondary N) is 1. The van der Waals surface area contributed by atoms with Gasteiger partial charge in [-0.05, 0) is 32.4 Å². The van der Waals surface area contributed by atoms with Gasteiger partial charge in [-0.1, -0.05) is 36.8 Å². The topological polar surface area (TPSA) is 12.0 Å². The minimum Gasteiger partial charge on any atom is -0.310 e. The van der Waals surface area contributed by atoms with E-state index in [0.717, 1.165) is 6.54 Å². The molecule has 0 aliphatic carbocycles. The molecule has 0 heterocycles. The summed E-state index contributed by atoms with van der Waals surface area (Å²) in [7, 11) is 0. The van der Waals surface area contributed by atoms with E-state index < -0.39 is 0 Å². The fourth-order valence-corrected chi connectivity index (χ4v) is 1.33. The Hall–Kier alpha value is -0.820. The molecule has 1 heteroatoms. The summed E-state index contributed by atoms with van der Waals surface area (Å²) in [4.78, 5) is 0. The van der Waals surface area contributed by atoms with Gasteiger partial charge in [-0.15, -0.1) is 0 Å². The molecule has 1 rings (SSSR count). The van der Waals surface area contributed by atoms with Gasteiger partial charge in [0.05, 0.1) is 0 Å². The first-order valence-electron chi connectivity index (χ1n) is 5.04. The molecular weight excluding hydrogens is 158 g/mol.